The van der Waals surface area contributed by atoms with Crippen LogP contribution in [0.3, 0.4) is 0 Å². The molecule has 1 N–H and O–H groups in total. The van der Waals surface area contributed by atoms with E-state index in [9.17, 15) is 0 Å². The largest absolute Gasteiger partial charge is 0.364 e. The molecule has 0 radical (unpaired) electrons. The van der Waals surface area contributed by atoms with Gasteiger partial charge in [-0.25, -0.2) is 4.98 Å². The zero-order chi connectivity index (χ0) is 11.4. The van der Waals surface area contributed by atoms with Crippen LogP contribution in [0.2, 0.25) is 5.02 Å². The van der Waals surface area contributed by atoms with Crippen LogP contribution in [0.25, 0.3) is 0 Å². The number of nitrogens with zero attached hydrogens (tertiary/aromatic N) is 3. The molecule has 0 unspecified atom stereocenters. The van der Waals surface area contributed by atoms with Gasteiger partial charge in [-0.3, -0.25) is 4.68 Å². The van der Waals surface area contributed by atoms with Crippen LogP contribution in [0.4, 0.5) is 5.82 Å². The quantitative estimate of drug-likeness (QED) is 0.887. The highest BCUT2D eigenvalue weighted by molar-refractivity contribution is 6.30. The molecule has 0 aliphatic carbocycles. The number of anilines is 1. The lowest BCUT2D eigenvalue weighted by atomic mass is 10.4. The van der Waals surface area contributed by atoms with E-state index in [0.717, 1.165) is 18.1 Å². The minimum absolute atomic E-state index is 0.643. The van der Waals surface area contributed by atoms with E-state index in [2.05, 4.69) is 22.3 Å². The molecule has 0 atom stereocenters. The number of rotatable bonds is 4. The minimum atomic E-state index is 0.643. The van der Waals surface area contributed by atoms with Crippen molar-refractivity contribution in [3.63, 3.8) is 0 Å². The molecule has 2 heterocycles. The van der Waals surface area contributed by atoms with Crippen LogP contribution in [-0.2, 0) is 13.1 Å². The lowest BCUT2D eigenvalue weighted by molar-refractivity contribution is 0.627. The minimum Gasteiger partial charge on any atom is -0.364 e. The number of halogens is 1. The highest BCUT2D eigenvalue weighted by Gasteiger charge is 2.00. The molecule has 0 spiro atoms. The maximum atomic E-state index is 5.75. The Balaban J connectivity index is 1.99. The molecule has 0 bridgehead atoms. The lowest BCUT2D eigenvalue weighted by Gasteiger charge is -2.07. The Kier molecular flexibility index (Phi) is 3.41. The van der Waals surface area contributed by atoms with Crippen molar-refractivity contribution in [3.8, 4) is 0 Å². The van der Waals surface area contributed by atoms with Crippen LogP contribution in [0.15, 0.2) is 30.6 Å². The van der Waals surface area contributed by atoms with Crippen LogP contribution in [0.1, 0.15) is 12.6 Å². The molecule has 5 heteroatoms. The summed E-state index contributed by atoms with van der Waals surface area (Å²) in [5.74, 6) is 0.813. The smallest absolute Gasteiger partial charge is 0.126 e. The van der Waals surface area contributed by atoms with Gasteiger partial charge in [0.1, 0.15) is 5.82 Å². The molecule has 16 heavy (non-hydrogen) atoms. The normalized spacial score (nSPS) is 10.4. The Morgan fingerprint density at radius 2 is 2.25 bits per heavy atom. The van der Waals surface area contributed by atoms with Crippen molar-refractivity contribution in [2.75, 3.05) is 5.32 Å². The number of pyridine rings is 1. The number of hydrogen-bond acceptors (Lipinski definition) is 3. The fraction of sp³-hybridized carbons (Fsp3) is 0.273. The summed E-state index contributed by atoms with van der Waals surface area (Å²) >= 11 is 5.75. The molecule has 0 aliphatic rings. The van der Waals surface area contributed by atoms with Gasteiger partial charge in [0.05, 0.1) is 17.3 Å². The van der Waals surface area contributed by atoms with Crippen molar-refractivity contribution in [1.29, 1.82) is 0 Å². The molecule has 84 valence electrons. The summed E-state index contributed by atoms with van der Waals surface area (Å²) in [6, 6.07) is 5.66. The van der Waals surface area contributed by atoms with Gasteiger partial charge in [0, 0.05) is 18.9 Å². The van der Waals surface area contributed by atoms with Gasteiger partial charge in [-0.15, -0.1) is 0 Å². The zero-order valence-corrected chi connectivity index (χ0v) is 9.78. The van der Waals surface area contributed by atoms with E-state index in [1.165, 1.54) is 0 Å². The summed E-state index contributed by atoms with van der Waals surface area (Å²) in [5, 5.41) is 8.06. The highest BCUT2D eigenvalue weighted by Crippen LogP contribution is 2.10. The van der Waals surface area contributed by atoms with Crippen LogP contribution >= 0.6 is 11.6 Å². The third-order valence-corrected chi connectivity index (χ3v) is 2.51. The van der Waals surface area contributed by atoms with Crippen molar-refractivity contribution in [1.82, 2.24) is 14.8 Å². The van der Waals surface area contributed by atoms with Gasteiger partial charge in [-0.2, -0.15) is 5.10 Å². The molecule has 0 aliphatic heterocycles. The van der Waals surface area contributed by atoms with E-state index < -0.39 is 0 Å². The van der Waals surface area contributed by atoms with Gasteiger partial charge in [0.2, 0.25) is 0 Å². The number of aryl methyl sites for hydroxylation is 1. The first-order valence-corrected chi connectivity index (χ1v) is 5.53. The summed E-state index contributed by atoms with van der Waals surface area (Å²) < 4.78 is 1.95. The van der Waals surface area contributed by atoms with Crippen LogP contribution in [0.5, 0.6) is 0 Å². The number of aromatic nitrogens is 3. The predicted molar refractivity (Wildman–Crippen MR) is 64.5 cm³/mol. The van der Waals surface area contributed by atoms with Crippen LogP contribution in [0, 0.1) is 0 Å². The second-order valence-electron chi connectivity index (χ2n) is 3.35. The van der Waals surface area contributed by atoms with Crippen molar-refractivity contribution in [3.05, 3.63) is 41.3 Å². The third-order valence-electron chi connectivity index (χ3n) is 2.28. The zero-order valence-electron chi connectivity index (χ0n) is 9.02. The predicted octanol–water partition coefficient (Wildman–Crippen LogP) is 2.56. The number of hydrogen-bond donors (Lipinski definition) is 1. The molecular weight excluding hydrogens is 224 g/mol. The van der Waals surface area contributed by atoms with Gasteiger partial charge in [0.25, 0.3) is 0 Å². The third kappa shape index (κ3) is 2.52. The Labute approximate surface area is 99.3 Å². The van der Waals surface area contributed by atoms with Crippen LogP contribution in [-0.4, -0.2) is 14.8 Å². The molecule has 0 aromatic carbocycles. The van der Waals surface area contributed by atoms with Crippen molar-refractivity contribution in [2.45, 2.75) is 20.0 Å². The topological polar surface area (TPSA) is 42.7 Å². The maximum Gasteiger partial charge on any atom is 0.126 e. The first kappa shape index (κ1) is 11.0. The van der Waals surface area contributed by atoms with Gasteiger partial charge in [-0.05, 0) is 25.1 Å². The Morgan fingerprint density at radius 1 is 1.38 bits per heavy atom. The highest BCUT2D eigenvalue weighted by atomic mass is 35.5. The van der Waals surface area contributed by atoms with E-state index in [4.69, 9.17) is 11.6 Å². The van der Waals surface area contributed by atoms with E-state index in [1.807, 2.05) is 22.9 Å². The van der Waals surface area contributed by atoms with Gasteiger partial charge in [0.15, 0.2) is 0 Å². The van der Waals surface area contributed by atoms with E-state index in [0.29, 0.717) is 11.6 Å². The molecule has 0 saturated carbocycles. The molecule has 4 nitrogen and oxygen atoms in total. The molecule has 2 aromatic heterocycles. The summed E-state index contributed by atoms with van der Waals surface area (Å²) in [7, 11) is 0. The van der Waals surface area contributed by atoms with Gasteiger partial charge in [-0.1, -0.05) is 11.6 Å². The fourth-order valence-electron chi connectivity index (χ4n) is 1.46. The Morgan fingerprint density at radius 3 is 2.94 bits per heavy atom. The van der Waals surface area contributed by atoms with Crippen molar-refractivity contribution in [2.24, 2.45) is 0 Å². The van der Waals surface area contributed by atoms with Gasteiger partial charge < -0.3 is 5.32 Å². The summed E-state index contributed by atoms with van der Waals surface area (Å²) in [4.78, 5) is 4.16. The van der Waals surface area contributed by atoms with E-state index in [-0.39, 0.29) is 0 Å². The lowest BCUT2D eigenvalue weighted by Crippen LogP contribution is -2.08. The second kappa shape index (κ2) is 4.99. The van der Waals surface area contributed by atoms with E-state index in [1.54, 1.807) is 12.4 Å². The average molecular weight is 237 g/mol. The fourth-order valence-corrected chi connectivity index (χ4v) is 1.57. The standard InChI is InChI=1S/C11H13ClN4/c1-2-16-10(5-6-15-16)8-14-11-4-3-9(12)7-13-11/h3-7H,2,8H2,1H3,(H,13,14). The number of nitrogens with one attached hydrogen (secondary N) is 1. The summed E-state index contributed by atoms with van der Waals surface area (Å²) in [5.41, 5.74) is 1.14. The molecular formula is C11H13ClN4. The Bertz CT molecular complexity index is 449. The molecule has 0 fully saturated rings. The summed E-state index contributed by atoms with van der Waals surface area (Å²) in [6.07, 6.45) is 3.43. The molecule has 2 aromatic rings. The Hall–Kier alpha value is -1.55. The van der Waals surface area contributed by atoms with Crippen molar-refractivity contribution >= 4 is 17.4 Å². The van der Waals surface area contributed by atoms with E-state index >= 15 is 0 Å². The monoisotopic (exact) mass is 236 g/mol. The van der Waals surface area contributed by atoms with Crippen LogP contribution < -0.4 is 5.32 Å². The average Bonchev–Trinajstić information content (AvgIpc) is 2.76. The first-order chi connectivity index (χ1) is 7.79. The molecule has 0 amide bonds. The molecule has 2 rings (SSSR count). The SMILES string of the molecule is CCn1nccc1CNc1ccc(Cl)cn1. The van der Waals surface area contributed by atoms with Gasteiger partial charge >= 0.3 is 0 Å². The summed E-state index contributed by atoms with van der Waals surface area (Å²) in [6.45, 7) is 3.65. The maximum absolute atomic E-state index is 5.75. The first-order valence-electron chi connectivity index (χ1n) is 5.15. The second-order valence-corrected chi connectivity index (χ2v) is 3.79. The van der Waals surface area contributed by atoms with Crippen molar-refractivity contribution < 1.29 is 0 Å². The molecule has 0 saturated heterocycles.